The molecule has 17 heavy (non-hydrogen) atoms. The monoisotopic (exact) mass is 257 g/mol. The Balaban J connectivity index is 2.61. The van der Waals surface area contributed by atoms with Gasteiger partial charge in [-0.3, -0.25) is 4.79 Å². The molecule has 0 fully saturated rings. The molecule has 1 aromatic rings. The number of halogens is 1. The zero-order chi connectivity index (χ0) is 12.8. The van der Waals surface area contributed by atoms with Gasteiger partial charge in [0.1, 0.15) is 6.04 Å². The molecule has 0 aromatic heterocycles. The van der Waals surface area contributed by atoms with E-state index in [4.69, 9.17) is 21.8 Å². The molecule has 0 aliphatic heterocycles. The molecule has 0 aliphatic carbocycles. The molecule has 1 amide bonds. The van der Waals surface area contributed by atoms with Crippen molar-refractivity contribution in [2.75, 3.05) is 6.61 Å². The van der Waals surface area contributed by atoms with Crippen LogP contribution in [0.2, 0.25) is 5.02 Å². The average Bonchev–Trinajstić information content (AvgIpc) is 2.28. The van der Waals surface area contributed by atoms with Crippen molar-refractivity contribution in [2.24, 2.45) is 0 Å². The van der Waals surface area contributed by atoms with Crippen molar-refractivity contribution in [3.8, 4) is 0 Å². The standard InChI is InChI=1S/C11H12ClNO4/c12-8-4-2-1-3-7(8)5-10(15)13-9(6-14)11(16)17/h1-4,9,14H,5-6H2,(H,13,15)(H,16,17)/t9-/m0/s1. The van der Waals surface area contributed by atoms with Crippen LogP contribution in [0.15, 0.2) is 24.3 Å². The molecule has 0 spiro atoms. The van der Waals surface area contributed by atoms with Crippen LogP contribution in [0, 0.1) is 0 Å². The van der Waals surface area contributed by atoms with Gasteiger partial charge in [-0.15, -0.1) is 0 Å². The Morgan fingerprint density at radius 3 is 2.53 bits per heavy atom. The van der Waals surface area contributed by atoms with Crippen molar-refractivity contribution < 1.29 is 19.8 Å². The molecular weight excluding hydrogens is 246 g/mol. The summed E-state index contributed by atoms with van der Waals surface area (Å²) in [6.07, 6.45) is -0.0244. The van der Waals surface area contributed by atoms with Crippen molar-refractivity contribution >= 4 is 23.5 Å². The third kappa shape index (κ3) is 4.05. The third-order valence-corrected chi connectivity index (χ3v) is 2.49. The Bertz CT molecular complexity index is 422. The van der Waals surface area contributed by atoms with Gasteiger partial charge in [0.2, 0.25) is 5.91 Å². The minimum atomic E-state index is -1.29. The van der Waals surface area contributed by atoms with Crippen LogP contribution >= 0.6 is 11.6 Å². The van der Waals surface area contributed by atoms with Crippen molar-refractivity contribution in [3.63, 3.8) is 0 Å². The van der Waals surface area contributed by atoms with Crippen LogP contribution < -0.4 is 5.32 Å². The van der Waals surface area contributed by atoms with Gasteiger partial charge in [-0.2, -0.15) is 0 Å². The Hall–Kier alpha value is -1.59. The van der Waals surface area contributed by atoms with Crippen LogP contribution in [0.1, 0.15) is 5.56 Å². The SMILES string of the molecule is O=C(Cc1ccccc1Cl)N[C@@H](CO)C(=O)O. The molecule has 0 unspecified atom stereocenters. The number of carboxylic acid groups (broad SMARTS) is 1. The van der Waals surface area contributed by atoms with Gasteiger partial charge in [-0.05, 0) is 11.6 Å². The lowest BCUT2D eigenvalue weighted by Crippen LogP contribution is -2.43. The lowest BCUT2D eigenvalue weighted by Gasteiger charge is -2.11. The zero-order valence-corrected chi connectivity index (χ0v) is 9.65. The van der Waals surface area contributed by atoms with E-state index in [2.05, 4.69) is 5.32 Å². The number of carboxylic acids is 1. The number of carbonyl (C=O) groups is 2. The average molecular weight is 258 g/mol. The summed E-state index contributed by atoms with van der Waals surface area (Å²) in [5.74, 6) is -1.78. The fraction of sp³-hybridized carbons (Fsp3) is 0.273. The second-order valence-corrected chi connectivity index (χ2v) is 3.82. The van der Waals surface area contributed by atoms with Crippen LogP contribution in [0.25, 0.3) is 0 Å². The molecule has 92 valence electrons. The van der Waals surface area contributed by atoms with E-state index < -0.39 is 24.5 Å². The normalized spacial score (nSPS) is 11.9. The number of nitrogens with one attached hydrogen (secondary N) is 1. The summed E-state index contributed by atoms with van der Waals surface area (Å²) in [7, 11) is 0. The molecule has 5 nitrogen and oxygen atoms in total. The molecule has 1 atom stereocenters. The zero-order valence-electron chi connectivity index (χ0n) is 8.89. The van der Waals surface area contributed by atoms with Crippen molar-refractivity contribution in [3.05, 3.63) is 34.9 Å². The predicted molar refractivity (Wildman–Crippen MR) is 61.8 cm³/mol. The number of rotatable bonds is 5. The molecule has 0 saturated heterocycles. The summed E-state index contributed by atoms with van der Waals surface area (Å²) in [5, 5.41) is 20.0. The van der Waals surface area contributed by atoms with Crippen LogP contribution in [0.3, 0.4) is 0 Å². The summed E-state index contributed by atoms with van der Waals surface area (Å²) >= 11 is 5.86. The summed E-state index contributed by atoms with van der Waals surface area (Å²) in [4.78, 5) is 22.1. The molecule has 0 aliphatic rings. The summed E-state index contributed by atoms with van der Waals surface area (Å²) in [5.41, 5.74) is 0.605. The molecule has 6 heteroatoms. The fourth-order valence-corrected chi connectivity index (χ4v) is 1.45. The van der Waals surface area contributed by atoms with E-state index in [9.17, 15) is 9.59 Å². The molecular formula is C11H12ClNO4. The lowest BCUT2D eigenvalue weighted by molar-refractivity contribution is -0.142. The Labute approximate surface area is 103 Å². The third-order valence-electron chi connectivity index (χ3n) is 2.12. The second kappa shape index (κ2) is 6.22. The van der Waals surface area contributed by atoms with Gasteiger partial charge in [0, 0.05) is 5.02 Å². The first-order valence-corrected chi connectivity index (χ1v) is 5.29. The number of benzene rings is 1. The Morgan fingerprint density at radius 2 is 2.00 bits per heavy atom. The van der Waals surface area contributed by atoms with E-state index in [0.717, 1.165) is 0 Å². The smallest absolute Gasteiger partial charge is 0.328 e. The maximum absolute atomic E-state index is 11.5. The fourth-order valence-electron chi connectivity index (χ4n) is 1.25. The number of amides is 1. The van der Waals surface area contributed by atoms with Gasteiger partial charge in [-0.1, -0.05) is 29.8 Å². The number of aliphatic hydroxyl groups excluding tert-OH is 1. The second-order valence-electron chi connectivity index (χ2n) is 3.41. The Kier molecular flexibility index (Phi) is 4.93. The number of aliphatic hydroxyl groups is 1. The molecule has 0 bridgehead atoms. The van der Waals surface area contributed by atoms with E-state index in [1.807, 2.05) is 0 Å². The van der Waals surface area contributed by atoms with E-state index in [1.165, 1.54) is 0 Å². The van der Waals surface area contributed by atoms with Gasteiger partial charge in [0.15, 0.2) is 0 Å². The number of hydrogen-bond acceptors (Lipinski definition) is 3. The van der Waals surface area contributed by atoms with Crippen LogP contribution in [-0.2, 0) is 16.0 Å². The highest BCUT2D eigenvalue weighted by molar-refractivity contribution is 6.31. The topological polar surface area (TPSA) is 86.6 Å². The number of aliphatic carboxylic acids is 1. The van der Waals surface area contributed by atoms with Gasteiger partial charge >= 0.3 is 5.97 Å². The number of hydrogen-bond donors (Lipinski definition) is 3. The molecule has 0 saturated carbocycles. The predicted octanol–water partition coefficient (Wildman–Crippen LogP) is 0.444. The van der Waals surface area contributed by atoms with Crippen molar-refractivity contribution in [1.29, 1.82) is 0 Å². The van der Waals surface area contributed by atoms with Gasteiger partial charge < -0.3 is 15.5 Å². The van der Waals surface area contributed by atoms with E-state index in [1.54, 1.807) is 24.3 Å². The maximum Gasteiger partial charge on any atom is 0.328 e. The van der Waals surface area contributed by atoms with Gasteiger partial charge in [0.05, 0.1) is 13.0 Å². The molecule has 0 radical (unpaired) electrons. The van der Waals surface area contributed by atoms with Gasteiger partial charge in [0.25, 0.3) is 0 Å². The van der Waals surface area contributed by atoms with Crippen LogP contribution in [0.4, 0.5) is 0 Å². The molecule has 3 N–H and O–H groups in total. The Morgan fingerprint density at radius 1 is 1.35 bits per heavy atom. The van der Waals surface area contributed by atoms with E-state index in [0.29, 0.717) is 10.6 Å². The minimum Gasteiger partial charge on any atom is -0.480 e. The molecule has 1 rings (SSSR count). The van der Waals surface area contributed by atoms with E-state index in [-0.39, 0.29) is 6.42 Å². The molecule has 0 heterocycles. The van der Waals surface area contributed by atoms with Crippen molar-refractivity contribution in [2.45, 2.75) is 12.5 Å². The van der Waals surface area contributed by atoms with E-state index >= 15 is 0 Å². The minimum absolute atomic E-state index is 0.0244. The first-order chi connectivity index (χ1) is 8.04. The highest BCUT2D eigenvalue weighted by Gasteiger charge is 2.18. The van der Waals surface area contributed by atoms with Crippen LogP contribution in [-0.4, -0.2) is 34.7 Å². The largest absolute Gasteiger partial charge is 0.480 e. The summed E-state index contributed by atoms with van der Waals surface area (Å²) in [6.45, 7) is -0.649. The highest BCUT2D eigenvalue weighted by Crippen LogP contribution is 2.15. The molecule has 1 aromatic carbocycles. The maximum atomic E-state index is 11.5. The number of carbonyl (C=O) groups excluding carboxylic acids is 1. The summed E-state index contributed by atoms with van der Waals surface area (Å²) in [6, 6.07) is 5.50. The summed E-state index contributed by atoms with van der Waals surface area (Å²) < 4.78 is 0. The quantitative estimate of drug-likeness (QED) is 0.715. The lowest BCUT2D eigenvalue weighted by atomic mass is 10.1. The first kappa shape index (κ1) is 13.5. The highest BCUT2D eigenvalue weighted by atomic mass is 35.5. The van der Waals surface area contributed by atoms with Crippen molar-refractivity contribution in [1.82, 2.24) is 5.32 Å². The van der Waals surface area contributed by atoms with Crippen LogP contribution in [0.5, 0.6) is 0 Å². The first-order valence-electron chi connectivity index (χ1n) is 4.91. The van der Waals surface area contributed by atoms with Gasteiger partial charge in [-0.25, -0.2) is 4.79 Å².